The van der Waals surface area contributed by atoms with E-state index in [1.54, 1.807) is 36.4 Å². The Morgan fingerprint density at radius 1 is 1.04 bits per heavy atom. The minimum Gasteiger partial charge on any atom is -0.458 e. The van der Waals surface area contributed by atoms with Gasteiger partial charge in [0.05, 0.1) is 0 Å². The van der Waals surface area contributed by atoms with Gasteiger partial charge in [-0.15, -0.1) is 0 Å². The lowest BCUT2D eigenvalue weighted by molar-refractivity contribution is -0.177. The SMILES string of the molecule is O=C(OC1CN2CCC1CC2)C1(O)c2ccccc2Oc2ccccc21. The summed E-state index contributed by atoms with van der Waals surface area (Å²) in [5.41, 5.74) is -0.979. The third-order valence-electron chi connectivity index (χ3n) is 5.92. The summed E-state index contributed by atoms with van der Waals surface area (Å²) >= 11 is 0. The van der Waals surface area contributed by atoms with Crippen molar-refractivity contribution < 1.29 is 19.4 Å². The van der Waals surface area contributed by atoms with Crippen LogP contribution in [0, 0.1) is 5.92 Å². The molecule has 0 radical (unpaired) electrons. The largest absolute Gasteiger partial charge is 0.458 e. The quantitative estimate of drug-likeness (QED) is 0.843. The summed E-state index contributed by atoms with van der Waals surface area (Å²) in [6.45, 7) is 2.90. The zero-order valence-electron chi connectivity index (χ0n) is 14.4. The summed E-state index contributed by atoms with van der Waals surface area (Å²) in [4.78, 5) is 15.6. The molecule has 2 aromatic carbocycles. The Hall–Kier alpha value is -2.37. The number of aliphatic hydroxyl groups is 1. The number of para-hydroxylation sites is 2. The van der Waals surface area contributed by atoms with E-state index < -0.39 is 11.6 Å². The van der Waals surface area contributed by atoms with Gasteiger partial charge in [0.25, 0.3) is 0 Å². The maximum atomic E-state index is 13.2. The summed E-state index contributed by atoms with van der Waals surface area (Å²) < 4.78 is 11.8. The van der Waals surface area contributed by atoms with Gasteiger partial charge in [0.2, 0.25) is 5.60 Å². The van der Waals surface area contributed by atoms with Crippen LogP contribution in [0.25, 0.3) is 0 Å². The molecule has 2 bridgehead atoms. The first kappa shape index (κ1) is 15.9. The van der Waals surface area contributed by atoms with Crippen molar-refractivity contribution in [2.45, 2.75) is 24.5 Å². The predicted molar refractivity (Wildman–Crippen MR) is 95.0 cm³/mol. The molecule has 0 saturated carbocycles. The van der Waals surface area contributed by atoms with E-state index in [-0.39, 0.29) is 6.10 Å². The molecule has 134 valence electrons. The predicted octanol–water partition coefficient (Wildman–Crippen LogP) is 2.67. The van der Waals surface area contributed by atoms with Gasteiger partial charge in [0.15, 0.2) is 0 Å². The molecule has 0 amide bonds. The van der Waals surface area contributed by atoms with E-state index in [9.17, 15) is 9.90 Å². The monoisotopic (exact) mass is 351 g/mol. The van der Waals surface area contributed by atoms with Crippen LogP contribution in [-0.4, -0.2) is 41.7 Å². The van der Waals surface area contributed by atoms with E-state index in [0.717, 1.165) is 32.5 Å². The summed E-state index contributed by atoms with van der Waals surface area (Å²) in [7, 11) is 0. The molecular formula is C21H21NO4. The van der Waals surface area contributed by atoms with Gasteiger partial charge < -0.3 is 14.6 Å². The van der Waals surface area contributed by atoms with E-state index in [1.807, 2.05) is 12.1 Å². The van der Waals surface area contributed by atoms with Crippen LogP contribution in [0.3, 0.4) is 0 Å². The molecule has 2 aromatic rings. The number of benzene rings is 2. The van der Waals surface area contributed by atoms with Gasteiger partial charge in [0, 0.05) is 17.7 Å². The van der Waals surface area contributed by atoms with Crippen molar-refractivity contribution in [2.24, 2.45) is 5.92 Å². The van der Waals surface area contributed by atoms with Gasteiger partial charge >= 0.3 is 5.97 Å². The van der Waals surface area contributed by atoms with E-state index in [0.29, 0.717) is 28.5 Å². The fraction of sp³-hybridized carbons (Fsp3) is 0.381. The number of esters is 1. The van der Waals surface area contributed by atoms with Crippen molar-refractivity contribution in [3.63, 3.8) is 0 Å². The maximum absolute atomic E-state index is 13.2. The van der Waals surface area contributed by atoms with E-state index >= 15 is 0 Å². The summed E-state index contributed by atoms with van der Waals surface area (Å²) in [6, 6.07) is 14.2. The lowest BCUT2D eigenvalue weighted by Crippen LogP contribution is -2.54. The molecule has 5 heteroatoms. The molecule has 0 spiro atoms. The summed E-state index contributed by atoms with van der Waals surface area (Å²) in [5, 5.41) is 11.6. The molecule has 0 aromatic heterocycles. The average molecular weight is 351 g/mol. The number of hydrogen-bond acceptors (Lipinski definition) is 5. The minimum absolute atomic E-state index is 0.156. The van der Waals surface area contributed by atoms with Crippen LogP contribution in [-0.2, 0) is 15.1 Å². The molecule has 26 heavy (non-hydrogen) atoms. The Kier molecular flexibility index (Phi) is 3.55. The van der Waals surface area contributed by atoms with Crippen molar-refractivity contribution in [1.29, 1.82) is 0 Å². The zero-order chi connectivity index (χ0) is 17.7. The molecule has 1 unspecified atom stereocenters. The molecule has 6 rings (SSSR count). The molecule has 1 N–H and O–H groups in total. The number of carbonyl (C=O) groups excluding carboxylic acids is 1. The van der Waals surface area contributed by atoms with Crippen LogP contribution >= 0.6 is 0 Å². The number of carbonyl (C=O) groups is 1. The molecule has 3 fully saturated rings. The molecule has 4 aliphatic rings. The fourth-order valence-electron chi connectivity index (χ4n) is 4.46. The third-order valence-corrected chi connectivity index (χ3v) is 5.92. The van der Waals surface area contributed by atoms with Crippen molar-refractivity contribution >= 4 is 5.97 Å². The molecule has 5 nitrogen and oxygen atoms in total. The minimum atomic E-state index is -1.85. The van der Waals surface area contributed by atoms with Crippen LogP contribution < -0.4 is 4.74 Å². The summed E-state index contributed by atoms with van der Waals surface area (Å²) in [6.07, 6.45) is 1.94. The first-order valence-electron chi connectivity index (χ1n) is 9.19. The smallest absolute Gasteiger partial charge is 0.348 e. The van der Waals surface area contributed by atoms with E-state index in [4.69, 9.17) is 9.47 Å². The third kappa shape index (κ3) is 2.27. The molecule has 1 atom stereocenters. The van der Waals surface area contributed by atoms with Gasteiger partial charge in [0.1, 0.15) is 17.6 Å². The second-order valence-corrected chi connectivity index (χ2v) is 7.39. The van der Waals surface area contributed by atoms with Gasteiger partial charge in [-0.1, -0.05) is 36.4 Å². The number of nitrogens with zero attached hydrogens (tertiary/aromatic N) is 1. The molecule has 4 aliphatic heterocycles. The van der Waals surface area contributed by atoms with Gasteiger partial charge in [-0.25, -0.2) is 4.79 Å². The van der Waals surface area contributed by atoms with Crippen LogP contribution in [0.2, 0.25) is 0 Å². The lowest BCUT2D eigenvalue weighted by Gasteiger charge is -2.45. The second kappa shape index (κ2) is 5.83. The topological polar surface area (TPSA) is 59.0 Å². The number of rotatable bonds is 2. The van der Waals surface area contributed by atoms with E-state index in [1.165, 1.54) is 0 Å². The van der Waals surface area contributed by atoms with Gasteiger partial charge in [-0.3, -0.25) is 4.90 Å². The normalized spacial score (nSPS) is 27.8. The Labute approximate surface area is 152 Å². The molecule has 4 heterocycles. The van der Waals surface area contributed by atoms with Crippen molar-refractivity contribution in [2.75, 3.05) is 19.6 Å². The lowest BCUT2D eigenvalue weighted by atomic mass is 9.82. The number of fused-ring (bicyclic) bond motifs is 5. The molecule has 0 aliphatic carbocycles. The Morgan fingerprint density at radius 2 is 1.62 bits per heavy atom. The first-order chi connectivity index (χ1) is 12.7. The van der Waals surface area contributed by atoms with Crippen LogP contribution in [0.15, 0.2) is 48.5 Å². The summed E-state index contributed by atoms with van der Waals surface area (Å²) in [5.74, 6) is 0.747. The first-order valence-corrected chi connectivity index (χ1v) is 9.19. The number of piperidine rings is 3. The Morgan fingerprint density at radius 3 is 2.15 bits per heavy atom. The highest BCUT2D eigenvalue weighted by molar-refractivity contribution is 5.88. The Balaban J connectivity index is 1.53. The molecule has 3 saturated heterocycles. The number of hydrogen-bond donors (Lipinski definition) is 1. The van der Waals surface area contributed by atoms with Crippen molar-refractivity contribution in [1.82, 2.24) is 4.90 Å². The highest BCUT2D eigenvalue weighted by atomic mass is 16.6. The van der Waals surface area contributed by atoms with Crippen LogP contribution in [0.1, 0.15) is 24.0 Å². The van der Waals surface area contributed by atoms with Gasteiger partial charge in [-0.05, 0) is 44.0 Å². The maximum Gasteiger partial charge on any atom is 0.348 e. The van der Waals surface area contributed by atoms with Crippen LogP contribution in [0.4, 0.5) is 0 Å². The van der Waals surface area contributed by atoms with Crippen molar-refractivity contribution in [3.8, 4) is 11.5 Å². The Bertz CT molecular complexity index is 811. The highest BCUT2D eigenvalue weighted by Crippen LogP contribution is 2.47. The average Bonchev–Trinajstić information content (AvgIpc) is 2.69. The highest BCUT2D eigenvalue weighted by Gasteiger charge is 2.50. The fourth-order valence-corrected chi connectivity index (χ4v) is 4.46. The standard InChI is InChI=1S/C21H21NO4/c23-20(26-19-13-22-11-9-14(19)10-12-22)21(24)15-5-1-3-7-17(15)25-18-8-4-2-6-16(18)21/h1-8,14,19,24H,9-13H2. The zero-order valence-corrected chi connectivity index (χ0v) is 14.4. The molecular weight excluding hydrogens is 330 g/mol. The van der Waals surface area contributed by atoms with Crippen LogP contribution in [0.5, 0.6) is 11.5 Å². The number of ether oxygens (including phenoxy) is 2. The van der Waals surface area contributed by atoms with Crippen molar-refractivity contribution in [3.05, 3.63) is 59.7 Å². The van der Waals surface area contributed by atoms with E-state index in [2.05, 4.69) is 4.90 Å². The second-order valence-electron chi connectivity index (χ2n) is 7.39. The van der Waals surface area contributed by atoms with Gasteiger partial charge in [-0.2, -0.15) is 0 Å².